The van der Waals surface area contributed by atoms with E-state index >= 15 is 0 Å². The Labute approximate surface area is 138 Å². The SMILES string of the molecule is C=C(O)C[PH](c1ccccc1)(c1ccccc1)c1ccccc1. The van der Waals surface area contributed by atoms with E-state index in [1.807, 2.05) is 18.2 Å². The Morgan fingerprint density at radius 2 is 0.957 bits per heavy atom. The predicted octanol–water partition coefficient (Wildman–Crippen LogP) is 3.78. The number of aliphatic hydroxyl groups is 1. The van der Waals surface area contributed by atoms with Crippen molar-refractivity contribution in [3.63, 3.8) is 0 Å². The van der Waals surface area contributed by atoms with Crippen LogP contribution >= 0.6 is 7.26 Å². The van der Waals surface area contributed by atoms with Crippen molar-refractivity contribution in [3.05, 3.63) is 103 Å². The van der Waals surface area contributed by atoms with Gasteiger partial charge in [-0.15, -0.1) is 0 Å². The zero-order valence-electron chi connectivity index (χ0n) is 13.0. The van der Waals surface area contributed by atoms with E-state index in [4.69, 9.17) is 0 Å². The molecule has 2 heteroatoms. The third-order valence-corrected chi connectivity index (χ3v) is 9.16. The minimum absolute atomic E-state index is 0.244. The fourth-order valence-corrected chi connectivity index (χ4v) is 7.79. The Hall–Kier alpha value is -2.37. The van der Waals surface area contributed by atoms with Gasteiger partial charge >= 0.3 is 138 Å². The third-order valence-electron chi connectivity index (χ3n) is 4.27. The van der Waals surface area contributed by atoms with Gasteiger partial charge in [-0.1, -0.05) is 0 Å². The maximum atomic E-state index is 10.1. The first kappa shape index (κ1) is 15.5. The number of aliphatic hydroxyl groups excluding tert-OH is 1. The predicted molar refractivity (Wildman–Crippen MR) is 103 cm³/mol. The monoisotopic (exact) mass is 320 g/mol. The number of hydrogen-bond donors (Lipinski definition) is 1. The molecule has 1 nitrogen and oxygen atoms in total. The number of benzene rings is 3. The van der Waals surface area contributed by atoms with E-state index in [1.54, 1.807) is 0 Å². The molecule has 0 unspecified atom stereocenters. The summed E-state index contributed by atoms with van der Waals surface area (Å²) in [5.41, 5.74) is 0. The molecule has 0 aliphatic rings. The molecule has 1 N–H and O–H groups in total. The molecule has 0 aliphatic carbocycles. The summed E-state index contributed by atoms with van der Waals surface area (Å²) in [4.78, 5) is 0. The molecule has 0 heterocycles. The van der Waals surface area contributed by atoms with Crippen molar-refractivity contribution < 1.29 is 5.11 Å². The van der Waals surface area contributed by atoms with Gasteiger partial charge in [0.15, 0.2) is 0 Å². The van der Waals surface area contributed by atoms with Crippen LogP contribution in [0, 0.1) is 0 Å². The van der Waals surface area contributed by atoms with E-state index in [2.05, 4.69) is 79.4 Å². The van der Waals surface area contributed by atoms with Crippen molar-refractivity contribution in [3.8, 4) is 0 Å². The van der Waals surface area contributed by atoms with Gasteiger partial charge in [0.1, 0.15) is 0 Å². The molecular weight excluding hydrogens is 299 g/mol. The van der Waals surface area contributed by atoms with Crippen molar-refractivity contribution >= 4 is 23.2 Å². The summed E-state index contributed by atoms with van der Waals surface area (Å²) in [7, 11) is -2.34. The van der Waals surface area contributed by atoms with E-state index in [9.17, 15) is 5.11 Å². The number of allylic oxidation sites excluding steroid dienone is 1. The molecular formula is C21H21OP. The molecule has 116 valence electrons. The van der Waals surface area contributed by atoms with Crippen molar-refractivity contribution in [2.75, 3.05) is 6.16 Å². The second-order valence-corrected chi connectivity index (χ2v) is 9.64. The molecule has 3 rings (SSSR count). The molecule has 0 bridgehead atoms. The van der Waals surface area contributed by atoms with Crippen LogP contribution in [0.4, 0.5) is 0 Å². The van der Waals surface area contributed by atoms with Crippen LogP contribution in [-0.4, -0.2) is 11.3 Å². The molecule has 3 aromatic carbocycles. The van der Waals surface area contributed by atoms with Gasteiger partial charge in [0.05, 0.1) is 0 Å². The Morgan fingerprint density at radius 1 is 0.652 bits per heavy atom. The minimum atomic E-state index is -2.34. The van der Waals surface area contributed by atoms with E-state index in [0.29, 0.717) is 6.16 Å². The zero-order valence-corrected chi connectivity index (χ0v) is 14.0. The molecule has 23 heavy (non-hydrogen) atoms. The maximum absolute atomic E-state index is 10.1. The molecule has 0 amide bonds. The molecule has 0 aromatic heterocycles. The topological polar surface area (TPSA) is 20.2 Å². The molecule has 0 saturated heterocycles. The average Bonchev–Trinajstić information content (AvgIpc) is 2.62. The molecule has 3 aromatic rings. The van der Waals surface area contributed by atoms with Crippen molar-refractivity contribution in [2.24, 2.45) is 0 Å². The fraction of sp³-hybridized carbons (Fsp3) is 0.0476. The van der Waals surface area contributed by atoms with Gasteiger partial charge in [0.2, 0.25) is 0 Å². The van der Waals surface area contributed by atoms with Gasteiger partial charge in [-0.25, -0.2) is 0 Å². The van der Waals surface area contributed by atoms with Gasteiger partial charge in [-0.3, -0.25) is 0 Å². The van der Waals surface area contributed by atoms with Gasteiger partial charge in [0, 0.05) is 0 Å². The Morgan fingerprint density at radius 3 is 1.22 bits per heavy atom. The van der Waals surface area contributed by atoms with Gasteiger partial charge in [-0.05, 0) is 0 Å². The fourth-order valence-electron chi connectivity index (χ4n) is 3.28. The summed E-state index contributed by atoms with van der Waals surface area (Å²) in [6, 6.07) is 31.6. The second-order valence-electron chi connectivity index (χ2n) is 5.75. The van der Waals surface area contributed by atoms with E-state index in [-0.39, 0.29) is 5.76 Å². The molecule has 0 fully saturated rings. The number of hydrogen-bond acceptors (Lipinski definition) is 1. The zero-order chi connectivity index (χ0) is 16.1. The van der Waals surface area contributed by atoms with Crippen molar-refractivity contribution in [1.29, 1.82) is 0 Å². The number of rotatable bonds is 5. The van der Waals surface area contributed by atoms with Gasteiger partial charge in [-0.2, -0.15) is 0 Å². The molecule has 0 saturated carbocycles. The Balaban J connectivity index is 2.32. The molecule has 0 atom stereocenters. The van der Waals surface area contributed by atoms with Crippen LogP contribution in [0.25, 0.3) is 0 Å². The Bertz CT molecular complexity index is 670. The normalized spacial score (nSPS) is 11.8. The Kier molecular flexibility index (Phi) is 4.60. The van der Waals surface area contributed by atoms with Crippen LogP contribution in [0.5, 0.6) is 0 Å². The van der Waals surface area contributed by atoms with Crippen molar-refractivity contribution in [1.82, 2.24) is 0 Å². The first-order valence-corrected chi connectivity index (χ1v) is 9.97. The van der Waals surface area contributed by atoms with Gasteiger partial charge < -0.3 is 0 Å². The third kappa shape index (κ3) is 3.06. The van der Waals surface area contributed by atoms with E-state index < -0.39 is 7.26 Å². The summed E-state index contributed by atoms with van der Waals surface area (Å²) in [5.74, 6) is 0.244. The van der Waals surface area contributed by atoms with Crippen LogP contribution in [0.1, 0.15) is 0 Å². The molecule has 0 radical (unpaired) electrons. The average molecular weight is 320 g/mol. The van der Waals surface area contributed by atoms with E-state index in [1.165, 1.54) is 15.9 Å². The first-order chi connectivity index (χ1) is 11.2. The van der Waals surface area contributed by atoms with Crippen molar-refractivity contribution in [2.45, 2.75) is 0 Å². The summed E-state index contributed by atoms with van der Waals surface area (Å²) in [6.07, 6.45) is 0.588. The van der Waals surface area contributed by atoms with Crippen LogP contribution in [0.2, 0.25) is 0 Å². The summed E-state index contributed by atoms with van der Waals surface area (Å²) in [5, 5.41) is 14.0. The first-order valence-electron chi connectivity index (χ1n) is 7.77. The molecule has 0 spiro atoms. The quantitative estimate of drug-likeness (QED) is 0.560. The summed E-state index contributed by atoms with van der Waals surface area (Å²) in [6.45, 7) is 3.81. The van der Waals surface area contributed by atoms with Crippen LogP contribution in [0.3, 0.4) is 0 Å². The van der Waals surface area contributed by atoms with Crippen LogP contribution < -0.4 is 15.9 Å². The molecule has 0 aliphatic heterocycles. The van der Waals surface area contributed by atoms with Crippen LogP contribution in [-0.2, 0) is 0 Å². The summed E-state index contributed by atoms with van der Waals surface area (Å²) < 4.78 is 0. The van der Waals surface area contributed by atoms with E-state index in [0.717, 1.165) is 0 Å². The summed E-state index contributed by atoms with van der Waals surface area (Å²) >= 11 is 0. The standard InChI is InChI=1S/C21H21OP/c1-18(22)17-23(19-11-5-2-6-12-19,20-13-7-3-8-14-20)21-15-9-4-10-16-21/h2-16,22-23H,1,17H2. The second kappa shape index (κ2) is 6.81. The van der Waals surface area contributed by atoms with Gasteiger partial charge in [0.25, 0.3) is 0 Å². The van der Waals surface area contributed by atoms with Crippen LogP contribution in [0.15, 0.2) is 103 Å².